The third kappa shape index (κ3) is 4.80. The van der Waals surface area contributed by atoms with Crippen molar-refractivity contribution in [2.24, 2.45) is 0 Å². The van der Waals surface area contributed by atoms with Gasteiger partial charge in [-0.3, -0.25) is 4.79 Å². The number of anilines is 1. The third-order valence-electron chi connectivity index (χ3n) is 3.94. The smallest absolute Gasteiger partial charge is 0.240 e. The Kier molecular flexibility index (Phi) is 5.93. The zero-order valence-corrected chi connectivity index (χ0v) is 16.5. The molecule has 2 aromatic rings. The minimum Gasteiger partial charge on any atom is -0.302 e. The van der Waals surface area contributed by atoms with E-state index in [1.165, 1.54) is 35.6 Å². The molecule has 1 aromatic carbocycles. The van der Waals surface area contributed by atoms with Gasteiger partial charge in [-0.2, -0.15) is 0 Å². The van der Waals surface area contributed by atoms with Gasteiger partial charge in [0.25, 0.3) is 0 Å². The Morgan fingerprint density at radius 3 is 2.81 bits per heavy atom. The number of fused-ring (bicyclic) bond motifs is 1. The van der Waals surface area contributed by atoms with Crippen molar-refractivity contribution in [2.75, 3.05) is 25.5 Å². The number of sulfonamides is 1. The summed E-state index contributed by atoms with van der Waals surface area (Å²) in [6.45, 7) is 1.80. The normalized spacial score (nSPS) is 14.8. The minimum absolute atomic E-state index is 0.00458. The van der Waals surface area contributed by atoms with Gasteiger partial charge >= 0.3 is 0 Å². The molecular weight excluding hydrogens is 396 g/mol. The van der Waals surface area contributed by atoms with Crippen LogP contribution in [0.5, 0.6) is 0 Å². The maximum atomic E-state index is 12.1. The molecule has 26 heavy (non-hydrogen) atoms. The highest BCUT2D eigenvalue weighted by atomic mass is 35.5. The average molecular weight is 415 g/mol. The van der Waals surface area contributed by atoms with E-state index in [4.69, 9.17) is 11.6 Å². The second-order valence-electron chi connectivity index (χ2n) is 6.03. The van der Waals surface area contributed by atoms with E-state index in [0.717, 1.165) is 30.1 Å². The number of thiazole rings is 1. The number of hydrogen-bond acceptors (Lipinski definition) is 6. The van der Waals surface area contributed by atoms with E-state index in [2.05, 4.69) is 19.9 Å². The molecule has 0 atom stereocenters. The van der Waals surface area contributed by atoms with Crippen molar-refractivity contribution in [3.05, 3.63) is 39.9 Å². The summed E-state index contributed by atoms with van der Waals surface area (Å²) in [4.78, 5) is 20.0. The topological polar surface area (TPSA) is 91.4 Å². The molecule has 1 aliphatic heterocycles. The number of likely N-dealkylation sites (N-methyl/N-ethyl adjacent to an activating group) is 1. The molecule has 0 radical (unpaired) electrons. The van der Waals surface area contributed by atoms with Crippen molar-refractivity contribution >= 4 is 44.0 Å². The predicted molar refractivity (Wildman–Crippen MR) is 102 cm³/mol. The molecule has 0 bridgehead atoms. The molecular formula is C16H19ClN4O3S2. The highest BCUT2D eigenvalue weighted by molar-refractivity contribution is 7.89. The number of carbonyl (C=O) groups is 1. The SMILES string of the molecule is CN1CCc2nc(NC(=O)CCNS(=O)(=O)c3ccc(Cl)cc3)sc2C1. The zero-order valence-electron chi connectivity index (χ0n) is 14.2. The quantitative estimate of drug-likeness (QED) is 0.755. The van der Waals surface area contributed by atoms with Gasteiger partial charge in [0, 0.05) is 42.4 Å². The Balaban J connectivity index is 1.51. The molecule has 1 aliphatic rings. The molecule has 1 aromatic heterocycles. The molecule has 0 saturated heterocycles. The molecule has 7 nitrogen and oxygen atoms in total. The summed E-state index contributed by atoms with van der Waals surface area (Å²) in [6.07, 6.45) is 0.899. The summed E-state index contributed by atoms with van der Waals surface area (Å²) in [6, 6.07) is 5.85. The van der Waals surface area contributed by atoms with Crippen LogP contribution >= 0.6 is 22.9 Å². The Bertz CT molecular complexity index is 897. The van der Waals surface area contributed by atoms with Crippen LogP contribution in [-0.4, -0.2) is 44.3 Å². The second kappa shape index (κ2) is 8.01. The molecule has 0 unspecified atom stereocenters. The van der Waals surface area contributed by atoms with Crippen LogP contribution in [0.3, 0.4) is 0 Å². The Morgan fingerprint density at radius 2 is 2.08 bits per heavy atom. The summed E-state index contributed by atoms with van der Waals surface area (Å²) in [5, 5.41) is 3.77. The molecule has 0 spiro atoms. The third-order valence-corrected chi connectivity index (χ3v) is 6.66. The number of aromatic nitrogens is 1. The first-order valence-electron chi connectivity index (χ1n) is 8.06. The Labute approximate surface area is 161 Å². The lowest BCUT2D eigenvalue weighted by Crippen LogP contribution is -2.27. The number of amides is 1. The van der Waals surface area contributed by atoms with Crippen LogP contribution in [0.25, 0.3) is 0 Å². The number of carbonyl (C=O) groups excluding carboxylic acids is 1. The largest absolute Gasteiger partial charge is 0.302 e. The molecule has 0 fully saturated rings. The van der Waals surface area contributed by atoms with Crippen LogP contribution in [-0.2, 0) is 27.8 Å². The number of rotatable bonds is 6. The van der Waals surface area contributed by atoms with Crippen LogP contribution in [0.15, 0.2) is 29.2 Å². The molecule has 2 N–H and O–H groups in total. The molecule has 140 valence electrons. The number of benzene rings is 1. The van der Waals surface area contributed by atoms with Gasteiger partial charge in [-0.1, -0.05) is 11.6 Å². The summed E-state index contributed by atoms with van der Waals surface area (Å²) in [7, 11) is -1.61. The number of halogens is 1. The first kappa shape index (κ1) is 19.2. The fourth-order valence-corrected chi connectivity index (χ4v) is 4.82. The molecule has 2 heterocycles. The highest BCUT2D eigenvalue weighted by Gasteiger charge is 2.19. The van der Waals surface area contributed by atoms with E-state index in [-0.39, 0.29) is 23.8 Å². The van der Waals surface area contributed by atoms with Crippen molar-refractivity contribution in [2.45, 2.75) is 24.3 Å². The zero-order chi connectivity index (χ0) is 18.7. The molecule has 3 rings (SSSR count). The highest BCUT2D eigenvalue weighted by Crippen LogP contribution is 2.27. The monoisotopic (exact) mass is 414 g/mol. The van der Waals surface area contributed by atoms with Gasteiger partial charge in [0.15, 0.2) is 5.13 Å². The van der Waals surface area contributed by atoms with Crippen LogP contribution in [0, 0.1) is 0 Å². The van der Waals surface area contributed by atoms with Gasteiger partial charge in [0.1, 0.15) is 0 Å². The summed E-state index contributed by atoms with van der Waals surface area (Å²) in [5.74, 6) is -0.275. The van der Waals surface area contributed by atoms with Crippen molar-refractivity contribution in [1.82, 2.24) is 14.6 Å². The van der Waals surface area contributed by atoms with Crippen LogP contribution in [0.4, 0.5) is 5.13 Å². The molecule has 1 amide bonds. The summed E-state index contributed by atoms with van der Waals surface area (Å²) < 4.78 is 26.7. The molecule has 10 heteroatoms. The molecule has 0 aliphatic carbocycles. The second-order valence-corrected chi connectivity index (χ2v) is 9.31. The van der Waals surface area contributed by atoms with Gasteiger partial charge in [0.2, 0.25) is 15.9 Å². The van der Waals surface area contributed by atoms with E-state index >= 15 is 0 Å². The minimum atomic E-state index is -3.66. The van der Waals surface area contributed by atoms with Gasteiger partial charge in [0.05, 0.1) is 10.6 Å². The Hall–Kier alpha value is -1.52. The van der Waals surface area contributed by atoms with Gasteiger partial charge in [-0.05, 0) is 31.3 Å². The fourth-order valence-electron chi connectivity index (χ4n) is 2.55. The van der Waals surface area contributed by atoms with Crippen LogP contribution in [0.1, 0.15) is 17.0 Å². The van der Waals surface area contributed by atoms with E-state index in [1.54, 1.807) is 0 Å². The number of hydrogen-bond donors (Lipinski definition) is 2. The average Bonchev–Trinajstić information content (AvgIpc) is 2.96. The van der Waals surface area contributed by atoms with Crippen LogP contribution in [0.2, 0.25) is 5.02 Å². The first-order valence-corrected chi connectivity index (χ1v) is 10.7. The summed E-state index contributed by atoms with van der Waals surface area (Å²) >= 11 is 7.22. The lowest BCUT2D eigenvalue weighted by Gasteiger charge is -2.20. The number of nitrogens with zero attached hydrogens (tertiary/aromatic N) is 2. The van der Waals surface area contributed by atoms with Crippen molar-refractivity contribution < 1.29 is 13.2 Å². The van der Waals surface area contributed by atoms with E-state index < -0.39 is 10.0 Å². The fraction of sp³-hybridized carbons (Fsp3) is 0.375. The van der Waals surface area contributed by atoms with E-state index in [9.17, 15) is 13.2 Å². The van der Waals surface area contributed by atoms with E-state index in [0.29, 0.717) is 10.2 Å². The van der Waals surface area contributed by atoms with Gasteiger partial charge < -0.3 is 10.2 Å². The lowest BCUT2D eigenvalue weighted by molar-refractivity contribution is -0.116. The maximum Gasteiger partial charge on any atom is 0.240 e. The van der Waals surface area contributed by atoms with Crippen molar-refractivity contribution in [3.8, 4) is 0 Å². The number of nitrogens with one attached hydrogen (secondary N) is 2. The van der Waals surface area contributed by atoms with Gasteiger partial charge in [-0.25, -0.2) is 18.1 Å². The summed E-state index contributed by atoms with van der Waals surface area (Å²) in [5.41, 5.74) is 1.03. The van der Waals surface area contributed by atoms with Crippen molar-refractivity contribution in [3.63, 3.8) is 0 Å². The Morgan fingerprint density at radius 1 is 1.35 bits per heavy atom. The maximum absolute atomic E-state index is 12.1. The first-order chi connectivity index (χ1) is 12.3. The standard InChI is InChI=1S/C16H19ClN4O3S2/c1-21-9-7-13-14(10-21)25-16(19-13)20-15(22)6-8-18-26(23,24)12-4-2-11(17)3-5-12/h2-5,18H,6-10H2,1H3,(H,19,20,22). The van der Waals surface area contributed by atoms with Crippen LogP contribution < -0.4 is 10.0 Å². The van der Waals surface area contributed by atoms with E-state index in [1.807, 2.05) is 7.05 Å². The van der Waals surface area contributed by atoms with Gasteiger partial charge in [-0.15, -0.1) is 11.3 Å². The predicted octanol–water partition coefficient (Wildman–Crippen LogP) is 2.09. The molecule has 0 saturated carbocycles. The van der Waals surface area contributed by atoms with Crippen molar-refractivity contribution in [1.29, 1.82) is 0 Å². The lowest BCUT2D eigenvalue weighted by atomic mass is 10.2.